The lowest BCUT2D eigenvalue weighted by atomic mass is 10.3. The number of nitrogens with zero attached hydrogens (tertiary/aromatic N) is 1. The Labute approximate surface area is 83.8 Å². The molecule has 0 radical (unpaired) electrons. The number of alkyl halides is 1. The molecule has 0 spiro atoms. The first-order chi connectivity index (χ1) is 6.54. The van der Waals surface area contributed by atoms with Gasteiger partial charge < -0.3 is 10.8 Å². The highest BCUT2D eigenvalue weighted by molar-refractivity contribution is 6.28. The van der Waals surface area contributed by atoms with Crippen LogP contribution in [-0.2, 0) is 0 Å². The van der Waals surface area contributed by atoms with E-state index < -0.39 is 23.1 Å². The number of hydrogen-bond acceptors (Lipinski definition) is 2. The Morgan fingerprint density at radius 3 is 2.36 bits per heavy atom. The van der Waals surface area contributed by atoms with Gasteiger partial charge in [0.2, 0.25) is 0 Å². The van der Waals surface area contributed by atoms with Crippen LogP contribution in [0.25, 0.3) is 0 Å². The molecule has 0 aliphatic carbocycles. The van der Waals surface area contributed by atoms with Crippen molar-refractivity contribution in [2.75, 3.05) is 5.88 Å². The van der Waals surface area contributed by atoms with Gasteiger partial charge >= 0.3 is 0 Å². The van der Waals surface area contributed by atoms with E-state index in [0.29, 0.717) is 0 Å². The van der Waals surface area contributed by atoms with E-state index in [9.17, 15) is 8.78 Å². The van der Waals surface area contributed by atoms with Crippen molar-refractivity contribution in [3.8, 4) is 5.75 Å². The molecule has 1 aromatic carbocycles. The minimum Gasteiger partial charge on any atom is -0.508 e. The van der Waals surface area contributed by atoms with E-state index in [2.05, 4.69) is 4.99 Å². The number of benzene rings is 1. The molecule has 0 bridgehead atoms. The summed E-state index contributed by atoms with van der Waals surface area (Å²) in [4.78, 5) is 3.42. The lowest BCUT2D eigenvalue weighted by Crippen LogP contribution is -2.12. The first kappa shape index (κ1) is 10.7. The third kappa shape index (κ3) is 2.32. The first-order valence-electron chi connectivity index (χ1n) is 3.61. The third-order valence-electron chi connectivity index (χ3n) is 1.39. The molecule has 0 aromatic heterocycles. The van der Waals surface area contributed by atoms with Crippen LogP contribution in [0.3, 0.4) is 0 Å². The van der Waals surface area contributed by atoms with Gasteiger partial charge in [0.25, 0.3) is 0 Å². The van der Waals surface area contributed by atoms with E-state index in [4.69, 9.17) is 22.4 Å². The molecular formula is C8H7ClF2N2O. The molecule has 0 saturated heterocycles. The minimum absolute atomic E-state index is 0.102. The second-order valence-electron chi connectivity index (χ2n) is 2.49. The maximum atomic E-state index is 13.0. The summed E-state index contributed by atoms with van der Waals surface area (Å²) in [5, 5.41) is 8.82. The summed E-state index contributed by atoms with van der Waals surface area (Å²) in [6, 6.07) is 1.48. The highest BCUT2D eigenvalue weighted by Gasteiger charge is 2.10. The van der Waals surface area contributed by atoms with Crippen LogP contribution >= 0.6 is 11.6 Å². The highest BCUT2D eigenvalue weighted by Crippen LogP contribution is 2.26. The first-order valence-corrected chi connectivity index (χ1v) is 4.15. The van der Waals surface area contributed by atoms with Crippen molar-refractivity contribution in [3.05, 3.63) is 23.8 Å². The molecule has 76 valence electrons. The Kier molecular flexibility index (Phi) is 3.24. The van der Waals surface area contributed by atoms with Gasteiger partial charge in [-0.25, -0.2) is 13.8 Å². The molecule has 0 aliphatic rings. The van der Waals surface area contributed by atoms with Gasteiger partial charge in [-0.15, -0.1) is 11.6 Å². The van der Waals surface area contributed by atoms with Crippen molar-refractivity contribution >= 4 is 23.1 Å². The molecule has 3 nitrogen and oxygen atoms in total. The summed E-state index contributed by atoms with van der Waals surface area (Å²) >= 11 is 5.29. The number of halogens is 3. The van der Waals surface area contributed by atoms with Gasteiger partial charge in [-0.05, 0) is 0 Å². The summed E-state index contributed by atoms with van der Waals surface area (Å²) in [5.74, 6) is -2.72. The molecule has 0 unspecified atom stereocenters. The van der Waals surface area contributed by atoms with Crippen LogP contribution in [0.1, 0.15) is 0 Å². The molecule has 6 heteroatoms. The molecule has 0 atom stereocenters. The van der Waals surface area contributed by atoms with Crippen LogP contribution in [0.4, 0.5) is 14.5 Å². The number of aliphatic imine (C=N–C) groups is 1. The average Bonchev–Trinajstić information content (AvgIpc) is 2.10. The fourth-order valence-corrected chi connectivity index (χ4v) is 0.892. The maximum Gasteiger partial charge on any atom is 0.155 e. The number of nitrogens with two attached hydrogens (primary N) is 1. The van der Waals surface area contributed by atoms with E-state index in [-0.39, 0.29) is 11.7 Å². The molecule has 3 N–H and O–H groups in total. The fraction of sp³-hybridized carbons (Fsp3) is 0.125. The SMILES string of the molecule is NC(CCl)=Nc1c(F)cc(O)cc1F. The van der Waals surface area contributed by atoms with Gasteiger partial charge in [0.05, 0.1) is 5.88 Å². The topological polar surface area (TPSA) is 58.6 Å². The van der Waals surface area contributed by atoms with Crippen molar-refractivity contribution in [2.45, 2.75) is 0 Å². The normalized spacial score (nSPS) is 11.8. The molecular weight excluding hydrogens is 214 g/mol. The molecule has 0 saturated carbocycles. The second-order valence-corrected chi connectivity index (χ2v) is 2.76. The number of rotatable bonds is 2. The molecule has 0 amide bonds. The highest BCUT2D eigenvalue weighted by atomic mass is 35.5. The standard InChI is InChI=1S/C8H7ClF2N2O/c9-3-7(12)13-8-5(10)1-4(14)2-6(8)11/h1-2,14H,3H2,(H2,12,13). The molecule has 0 fully saturated rings. The quantitative estimate of drug-likeness (QED) is 0.454. The third-order valence-corrected chi connectivity index (χ3v) is 1.67. The molecule has 14 heavy (non-hydrogen) atoms. The Morgan fingerprint density at radius 1 is 1.43 bits per heavy atom. The zero-order chi connectivity index (χ0) is 10.7. The number of aromatic hydroxyl groups is 1. The summed E-state index contributed by atoms with van der Waals surface area (Å²) < 4.78 is 26.0. The summed E-state index contributed by atoms with van der Waals surface area (Å²) in [5.41, 5.74) is 4.65. The largest absolute Gasteiger partial charge is 0.508 e. The smallest absolute Gasteiger partial charge is 0.155 e. The van der Waals surface area contributed by atoms with Crippen LogP contribution < -0.4 is 5.73 Å². The summed E-state index contributed by atoms with van der Waals surface area (Å²) in [6.07, 6.45) is 0. The summed E-state index contributed by atoms with van der Waals surface area (Å²) in [6.45, 7) is 0. The predicted octanol–water partition coefficient (Wildman–Crippen LogP) is 1.90. The van der Waals surface area contributed by atoms with Gasteiger partial charge in [0.15, 0.2) is 11.6 Å². The van der Waals surface area contributed by atoms with Crippen molar-refractivity contribution in [1.82, 2.24) is 0 Å². The van der Waals surface area contributed by atoms with Gasteiger partial charge in [0, 0.05) is 12.1 Å². The van der Waals surface area contributed by atoms with E-state index in [0.717, 1.165) is 12.1 Å². The predicted molar refractivity (Wildman–Crippen MR) is 50.0 cm³/mol. The second kappa shape index (κ2) is 4.23. The molecule has 0 aliphatic heterocycles. The van der Waals surface area contributed by atoms with Crippen molar-refractivity contribution < 1.29 is 13.9 Å². The summed E-state index contributed by atoms with van der Waals surface area (Å²) in [7, 11) is 0. The molecule has 1 aromatic rings. The Morgan fingerprint density at radius 2 is 1.93 bits per heavy atom. The van der Waals surface area contributed by atoms with Crippen molar-refractivity contribution in [2.24, 2.45) is 10.7 Å². The van der Waals surface area contributed by atoms with E-state index in [1.54, 1.807) is 0 Å². The maximum absolute atomic E-state index is 13.0. The molecule has 0 heterocycles. The van der Waals surface area contributed by atoms with Gasteiger partial charge in [-0.1, -0.05) is 0 Å². The Bertz CT molecular complexity index is 359. The number of amidine groups is 1. The zero-order valence-electron chi connectivity index (χ0n) is 6.97. The van der Waals surface area contributed by atoms with Crippen molar-refractivity contribution in [3.63, 3.8) is 0 Å². The van der Waals surface area contributed by atoms with Crippen LogP contribution in [0, 0.1) is 11.6 Å². The monoisotopic (exact) mass is 220 g/mol. The lowest BCUT2D eigenvalue weighted by Gasteiger charge is -2.01. The number of hydrogen-bond donors (Lipinski definition) is 2. The van der Waals surface area contributed by atoms with Crippen LogP contribution in [0.15, 0.2) is 17.1 Å². The van der Waals surface area contributed by atoms with Gasteiger partial charge in [0.1, 0.15) is 17.3 Å². The fourth-order valence-electron chi connectivity index (χ4n) is 0.832. The lowest BCUT2D eigenvalue weighted by molar-refractivity contribution is 0.461. The van der Waals surface area contributed by atoms with Gasteiger partial charge in [-0.3, -0.25) is 0 Å². The van der Waals surface area contributed by atoms with Crippen molar-refractivity contribution in [1.29, 1.82) is 0 Å². The van der Waals surface area contributed by atoms with Crippen LogP contribution in [0.2, 0.25) is 0 Å². The average molecular weight is 221 g/mol. The van der Waals surface area contributed by atoms with Gasteiger partial charge in [-0.2, -0.15) is 0 Å². The van der Waals surface area contributed by atoms with E-state index >= 15 is 0 Å². The molecule has 1 rings (SSSR count). The minimum atomic E-state index is -0.990. The Hall–Kier alpha value is -1.36. The van der Waals surface area contributed by atoms with E-state index in [1.807, 2.05) is 0 Å². The zero-order valence-corrected chi connectivity index (χ0v) is 7.72. The van der Waals surface area contributed by atoms with E-state index in [1.165, 1.54) is 0 Å². The van der Waals surface area contributed by atoms with Crippen LogP contribution in [0.5, 0.6) is 5.75 Å². The number of phenols is 1. The Balaban J connectivity index is 3.21. The number of phenolic OH excluding ortho intramolecular Hbond substituents is 1. The van der Waals surface area contributed by atoms with Crippen LogP contribution in [-0.4, -0.2) is 16.8 Å².